The van der Waals surface area contributed by atoms with Crippen LogP contribution in [0.4, 0.5) is 0 Å². The number of nitriles is 1. The summed E-state index contributed by atoms with van der Waals surface area (Å²) >= 11 is 0. The molecule has 2 saturated heterocycles. The molecule has 2 fully saturated rings. The Morgan fingerprint density at radius 3 is 2.62 bits per heavy atom. The lowest BCUT2D eigenvalue weighted by molar-refractivity contribution is -0.141. The molecule has 0 aliphatic carbocycles. The normalized spacial score (nSPS) is 25.5. The summed E-state index contributed by atoms with van der Waals surface area (Å²) in [4.78, 5) is 72.6. The molecule has 210 valence electrons. The van der Waals surface area contributed by atoms with Gasteiger partial charge in [-0.25, -0.2) is 0 Å². The van der Waals surface area contributed by atoms with Crippen molar-refractivity contribution in [3.8, 4) is 6.07 Å². The lowest BCUT2D eigenvalue weighted by Gasteiger charge is -2.33. The van der Waals surface area contributed by atoms with E-state index in [2.05, 4.69) is 20.9 Å². The minimum Gasteiger partial charge on any atom is -0.354 e. The van der Waals surface area contributed by atoms with Crippen LogP contribution in [0, 0.1) is 17.2 Å². The summed E-state index contributed by atoms with van der Waals surface area (Å²) in [6.45, 7) is 4.32. The first-order chi connectivity index (χ1) is 18.6. The van der Waals surface area contributed by atoms with Crippen molar-refractivity contribution in [3.63, 3.8) is 0 Å². The van der Waals surface area contributed by atoms with E-state index in [-0.39, 0.29) is 49.2 Å². The predicted octanol–water partition coefficient (Wildman–Crippen LogP) is 0.353. The van der Waals surface area contributed by atoms with Crippen molar-refractivity contribution in [1.29, 1.82) is 5.26 Å². The summed E-state index contributed by atoms with van der Waals surface area (Å²) in [5.41, 5.74) is 0.123. The number of rotatable bonds is 4. The number of nitrogens with one attached hydrogen (secondary N) is 3. The maximum Gasteiger partial charge on any atom is 0.270 e. The second-order valence-corrected chi connectivity index (χ2v) is 10.4. The first-order valence-electron chi connectivity index (χ1n) is 13.4. The van der Waals surface area contributed by atoms with Crippen molar-refractivity contribution in [3.05, 3.63) is 30.1 Å². The number of aromatic nitrogens is 1. The van der Waals surface area contributed by atoms with Crippen molar-refractivity contribution >= 4 is 29.5 Å². The lowest BCUT2D eigenvalue weighted by atomic mass is 10.00. The van der Waals surface area contributed by atoms with Gasteiger partial charge in [0.25, 0.3) is 5.91 Å². The number of hydrogen-bond acceptors (Lipinski definition) is 7. The highest BCUT2D eigenvalue weighted by molar-refractivity contribution is 5.97. The highest BCUT2D eigenvalue weighted by Gasteiger charge is 2.36. The van der Waals surface area contributed by atoms with Crippen LogP contribution in [-0.2, 0) is 19.2 Å². The van der Waals surface area contributed by atoms with Gasteiger partial charge in [-0.2, -0.15) is 5.26 Å². The number of hydrogen-bond donors (Lipinski definition) is 3. The van der Waals surface area contributed by atoms with Crippen LogP contribution in [0.2, 0.25) is 0 Å². The minimum absolute atomic E-state index is 0.00747. The third-order valence-electron chi connectivity index (χ3n) is 7.04. The molecule has 2 aliphatic rings. The Kier molecular flexibility index (Phi) is 10.4. The van der Waals surface area contributed by atoms with Gasteiger partial charge in [0.15, 0.2) is 0 Å². The van der Waals surface area contributed by atoms with Crippen LogP contribution in [0.5, 0.6) is 0 Å². The van der Waals surface area contributed by atoms with Gasteiger partial charge in [0.1, 0.15) is 29.9 Å². The monoisotopic (exact) mass is 539 g/mol. The summed E-state index contributed by atoms with van der Waals surface area (Å²) in [5.74, 6) is -2.12. The second-order valence-electron chi connectivity index (χ2n) is 10.4. The molecule has 0 unspecified atom stereocenters. The molecule has 12 nitrogen and oxygen atoms in total. The van der Waals surface area contributed by atoms with Crippen LogP contribution >= 0.6 is 0 Å². The van der Waals surface area contributed by atoms with E-state index in [1.54, 1.807) is 12.1 Å². The van der Waals surface area contributed by atoms with E-state index in [1.807, 2.05) is 19.9 Å². The molecule has 1 aromatic rings. The molecule has 0 aromatic carbocycles. The topological polar surface area (TPSA) is 165 Å². The Morgan fingerprint density at radius 1 is 1.18 bits per heavy atom. The van der Waals surface area contributed by atoms with Gasteiger partial charge in [-0.15, -0.1) is 0 Å². The van der Waals surface area contributed by atoms with Crippen LogP contribution in [0.3, 0.4) is 0 Å². The van der Waals surface area contributed by atoms with E-state index >= 15 is 0 Å². The lowest BCUT2D eigenvalue weighted by Crippen LogP contribution is -2.56. The van der Waals surface area contributed by atoms with Crippen LogP contribution in [0.25, 0.3) is 0 Å². The fourth-order valence-electron chi connectivity index (χ4n) is 4.92. The fraction of sp³-hybridized carbons (Fsp3) is 0.593. The molecule has 4 atom stereocenters. The molecular formula is C27H37N7O5. The summed E-state index contributed by atoms with van der Waals surface area (Å²) < 4.78 is 0. The quantitative estimate of drug-likeness (QED) is 0.497. The van der Waals surface area contributed by atoms with Crippen LogP contribution in [-0.4, -0.2) is 88.6 Å². The van der Waals surface area contributed by atoms with Gasteiger partial charge in [-0.3, -0.25) is 29.0 Å². The maximum absolute atomic E-state index is 13.7. The molecule has 1 aromatic heterocycles. The Balaban J connectivity index is 1.91. The van der Waals surface area contributed by atoms with Crippen LogP contribution in [0.15, 0.2) is 24.4 Å². The van der Waals surface area contributed by atoms with Gasteiger partial charge in [-0.05, 0) is 50.2 Å². The van der Waals surface area contributed by atoms with E-state index in [0.29, 0.717) is 25.8 Å². The molecule has 0 bridgehead atoms. The Bertz CT molecular complexity index is 1100. The third kappa shape index (κ3) is 7.75. The zero-order valence-corrected chi connectivity index (χ0v) is 22.7. The minimum atomic E-state index is -1.06. The molecule has 3 N–H and O–H groups in total. The number of carbonyl (C=O) groups is 5. The van der Waals surface area contributed by atoms with Gasteiger partial charge in [0.2, 0.25) is 23.6 Å². The first-order valence-corrected chi connectivity index (χ1v) is 13.4. The third-order valence-corrected chi connectivity index (χ3v) is 7.04. The number of carbonyl (C=O) groups excluding carboxylic acids is 5. The van der Waals surface area contributed by atoms with Crippen molar-refractivity contribution in [2.45, 2.75) is 76.5 Å². The molecule has 3 heterocycles. The van der Waals surface area contributed by atoms with E-state index in [0.717, 1.165) is 0 Å². The predicted molar refractivity (Wildman–Crippen MR) is 141 cm³/mol. The van der Waals surface area contributed by atoms with E-state index in [4.69, 9.17) is 0 Å². The molecule has 12 heteroatoms. The standard InChI is InChI=1S/C27H37N7O5/c1-17(2)15-22-26(38)31-18(16-28)9-10-23(35)34-14-6-8-21(34)25(37)30-13-11-20(27(39)33(22)3)32-24(36)19-7-4-5-12-29-19/h4-5,7,12,17-18,20-22H,6,8-11,13-15H2,1-3H3,(H,30,37)(H,31,38)(H,32,36)/t18-,20-,21+,22-/m0/s1. The highest BCUT2D eigenvalue weighted by Crippen LogP contribution is 2.20. The summed E-state index contributed by atoms with van der Waals surface area (Å²) in [6.07, 6.45) is 3.11. The summed E-state index contributed by atoms with van der Waals surface area (Å²) in [6, 6.07) is 3.30. The van der Waals surface area contributed by atoms with Gasteiger partial charge in [0, 0.05) is 32.8 Å². The molecule has 5 amide bonds. The number of fused-ring (bicyclic) bond motifs is 1. The van der Waals surface area contributed by atoms with E-state index < -0.39 is 41.9 Å². The van der Waals surface area contributed by atoms with Crippen LogP contribution < -0.4 is 16.0 Å². The fourth-order valence-corrected chi connectivity index (χ4v) is 4.92. The molecule has 3 rings (SSSR count). The van der Waals surface area contributed by atoms with Gasteiger partial charge < -0.3 is 25.8 Å². The Morgan fingerprint density at radius 2 is 1.95 bits per heavy atom. The molecule has 0 saturated carbocycles. The molecule has 39 heavy (non-hydrogen) atoms. The highest BCUT2D eigenvalue weighted by atomic mass is 16.2. The Labute approximate surface area is 228 Å². The van der Waals surface area contributed by atoms with Crippen LogP contribution in [0.1, 0.15) is 62.9 Å². The average molecular weight is 540 g/mol. The number of likely N-dealkylation sites (N-methyl/N-ethyl adjacent to an activating group) is 1. The van der Waals surface area contributed by atoms with Gasteiger partial charge in [0.05, 0.1) is 6.07 Å². The number of amides is 5. The Hall–Kier alpha value is -4.01. The smallest absolute Gasteiger partial charge is 0.270 e. The van der Waals surface area contributed by atoms with Crippen molar-refractivity contribution < 1.29 is 24.0 Å². The van der Waals surface area contributed by atoms with Gasteiger partial charge >= 0.3 is 0 Å². The second kappa shape index (κ2) is 13.7. The average Bonchev–Trinajstić information content (AvgIpc) is 3.42. The van der Waals surface area contributed by atoms with Gasteiger partial charge in [-0.1, -0.05) is 19.9 Å². The SMILES string of the molecule is CC(C)C[C@H]1C(=O)N[C@H](C#N)CCC(=O)N2CCC[C@@H]2C(=O)NCC[C@H](NC(=O)c2ccccn2)C(=O)N1C. The molecular weight excluding hydrogens is 502 g/mol. The first kappa shape index (κ1) is 29.5. The number of nitrogens with zero attached hydrogens (tertiary/aromatic N) is 4. The van der Waals surface area contributed by atoms with Crippen molar-refractivity contribution in [2.24, 2.45) is 5.92 Å². The molecule has 0 radical (unpaired) electrons. The maximum atomic E-state index is 13.7. The number of pyridine rings is 1. The van der Waals surface area contributed by atoms with E-state index in [9.17, 15) is 29.2 Å². The summed E-state index contributed by atoms with van der Waals surface area (Å²) in [5, 5.41) is 17.9. The van der Waals surface area contributed by atoms with E-state index in [1.165, 1.54) is 29.1 Å². The van der Waals surface area contributed by atoms with Crippen molar-refractivity contribution in [2.75, 3.05) is 20.1 Å². The summed E-state index contributed by atoms with van der Waals surface area (Å²) in [7, 11) is 1.48. The zero-order chi connectivity index (χ0) is 28.5. The molecule has 0 spiro atoms. The largest absolute Gasteiger partial charge is 0.354 e. The van der Waals surface area contributed by atoms with Crippen molar-refractivity contribution in [1.82, 2.24) is 30.7 Å². The molecule has 2 aliphatic heterocycles. The zero-order valence-electron chi connectivity index (χ0n) is 22.7.